The van der Waals surface area contributed by atoms with Crippen LogP contribution in [-0.4, -0.2) is 32.1 Å². The van der Waals surface area contributed by atoms with Gasteiger partial charge in [0.15, 0.2) is 23.0 Å². The van der Waals surface area contributed by atoms with Crippen molar-refractivity contribution in [2.75, 3.05) is 21.0 Å². The molecule has 182 valence electrons. The quantitative estimate of drug-likeness (QED) is 0.331. The fourth-order valence-electron chi connectivity index (χ4n) is 4.75. The lowest BCUT2D eigenvalue weighted by Gasteiger charge is -2.26. The number of fused-ring (bicyclic) bond motifs is 4. The maximum atomic E-state index is 13.6. The number of hydrogen-bond donors (Lipinski definition) is 1. The Hall–Kier alpha value is -4.66. The van der Waals surface area contributed by atoms with E-state index < -0.39 is 17.3 Å². The lowest BCUT2D eigenvalue weighted by molar-refractivity contribution is -0.135. The van der Waals surface area contributed by atoms with Gasteiger partial charge in [-0.25, -0.2) is 0 Å². The molecule has 3 heterocycles. The Morgan fingerprint density at radius 1 is 0.917 bits per heavy atom. The van der Waals surface area contributed by atoms with Gasteiger partial charge in [-0.2, -0.15) is 0 Å². The number of carbonyl (C=O) groups excluding carboxylic acids is 1. The second-order valence-electron chi connectivity index (χ2n) is 8.40. The minimum atomic E-state index is -0.492. The third kappa shape index (κ3) is 3.31. The number of ether oxygens (including phenoxy) is 5. The van der Waals surface area contributed by atoms with Crippen molar-refractivity contribution in [1.82, 2.24) is 0 Å². The summed E-state index contributed by atoms with van der Waals surface area (Å²) in [5.74, 6) is 0.963. The maximum absolute atomic E-state index is 13.6. The monoisotopic (exact) mass is 488 g/mol. The van der Waals surface area contributed by atoms with Crippen LogP contribution in [0.15, 0.2) is 57.9 Å². The number of esters is 1. The predicted octanol–water partition coefficient (Wildman–Crippen LogP) is 4.35. The molecule has 2 aliphatic heterocycles. The van der Waals surface area contributed by atoms with E-state index in [-0.39, 0.29) is 41.2 Å². The summed E-state index contributed by atoms with van der Waals surface area (Å²) >= 11 is 0. The molecule has 3 aromatic carbocycles. The number of rotatable bonds is 4. The third-order valence-electron chi connectivity index (χ3n) is 6.46. The van der Waals surface area contributed by atoms with E-state index in [0.717, 1.165) is 5.56 Å². The molecule has 0 saturated heterocycles. The van der Waals surface area contributed by atoms with Crippen LogP contribution in [0.1, 0.15) is 23.5 Å². The first-order valence-corrected chi connectivity index (χ1v) is 11.1. The first kappa shape index (κ1) is 21.8. The minimum absolute atomic E-state index is 0.00951. The first-order chi connectivity index (χ1) is 17.5. The summed E-state index contributed by atoms with van der Waals surface area (Å²) in [6, 6.07) is 11.7. The molecule has 1 atom stereocenters. The van der Waals surface area contributed by atoms with Gasteiger partial charge in [0.05, 0.1) is 26.2 Å². The number of methoxy groups -OCH3 is 2. The Morgan fingerprint density at radius 3 is 2.53 bits per heavy atom. The molecule has 4 aromatic rings. The molecular weight excluding hydrogens is 468 g/mol. The fraction of sp³-hybridized carbons (Fsp3) is 0.185. The Bertz CT molecular complexity index is 1600. The highest BCUT2D eigenvalue weighted by Crippen LogP contribution is 2.47. The van der Waals surface area contributed by atoms with Crippen LogP contribution in [0.3, 0.4) is 0 Å². The summed E-state index contributed by atoms with van der Waals surface area (Å²) in [5, 5.41) is 10.8. The van der Waals surface area contributed by atoms with Crippen molar-refractivity contribution < 1.29 is 38.0 Å². The van der Waals surface area contributed by atoms with Crippen molar-refractivity contribution in [2.24, 2.45) is 0 Å². The lowest BCUT2D eigenvalue weighted by atomic mass is 9.84. The summed E-state index contributed by atoms with van der Waals surface area (Å²) in [4.78, 5) is 26.0. The van der Waals surface area contributed by atoms with Gasteiger partial charge in [0.1, 0.15) is 28.7 Å². The Morgan fingerprint density at radius 2 is 1.72 bits per heavy atom. The maximum Gasteiger partial charge on any atom is 0.312 e. The fourth-order valence-corrected chi connectivity index (χ4v) is 4.75. The third-order valence-corrected chi connectivity index (χ3v) is 6.46. The second kappa shape index (κ2) is 8.23. The van der Waals surface area contributed by atoms with Gasteiger partial charge in [-0.3, -0.25) is 9.59 Å². The molecule has 0 saturated carbocycles. The zero-order valence-corrected chi connectivity index (χ0v) is 19.3. The van der Waals surface area contributed by atoms with E-state index in [4.69, 9.17) is 28.1 Å². The number of carbonyl (C=O) groups is 1. The number of phenolic OH excluding ortho intramolecular Hbond substituents is 1. The molecule has 0 spiro atoms. The Kier molecular flexibility index (Phi) is 4.99. The summed E-state index contributed by atoms with van der Waals surface area (Å²) in [7, 11) is 3.02. The van der Waals surface area contributed by atoms with E-state index in [1.54, 1.807) is 30.3 Å². The predicted molar refractivity (Wildman–Crippen MR) is 127 cm³/mol. The van der Waals surface area contributed by atoms with Crippen LogP contribution in [0, 0.1) is 0 Å². The molecule has 9 heteroatoms. The summed E-state index contributed by atoms with van der Waals surface area (Å²) in [6.07, 6.45) is 1.35. The van der Waals surface area contributed by atoms with Crippen LogP contribution in [0.2, 0.25) is 0 Å². The smallest absolute Gasteiger partial charge is 0.312 e. The first-order valence-electron chi connectivity index (χ1n) is 11.1. The lowest BCUT2D eigenvalue weighted by Crippen LogP contribution is -2.22. The second-order valence-corrected chi connectivity index (χ2v) is 8.40. The summed E-state index contributed by atoms with van der Waals surface area (Å²) in [5.41, 5.74) is 1.72. The Labute approximate surface area is 204 Å². The number of hydrogen-bond acceptors (Lipinski definition) is 9. The molecular formula is C27H20O9. The molecule has 0 unspecified atom stereocenters. The van der Waals surface area contributed by atoms with Crippen molar-refractivity contribution in [2.45, 2.75) is 12.3 Å². The van der Waals surface area contributed by atoms with Crippen LogP contribution in [-0.2, 0) is 4.79 Å². The number of phenols is 1. The highest BCUT2D eigenvalue weighted by molar-refractivity contribution is 5.94. The number of aromatic hydroxyl groups is 1. The normalized spacial score (nSPS) is 15.9. The van der Waals surface area contributed by atoms with Crippen LogP contribution in [0.5, 0.6) is 34.5 Å². The molecule has 0 amide bonds. The SMILES string of the molecule is COc1ccc(-c2coc3c4c(cc(O)c3c2=O)OC(=O)C[C@H]4c2ccc3c(c2)OCO3)cc1OC. The van der Waals surface area contributed by atoms with E-state index in [9.17, 15) is 14.7 Å². The molecule has 0 aliphatic carbocycles. The highest BCUT2D eigenvalue weighted by atomic mass is 16.7. The molecule has 2 aliphatic rings. The van der Waals surface area contributed by atoms with E-state index in [2.05, 4.69) is 0 Å². The van der Waals surface area contributed by atoms with Gasteiger partial charge in [-0.1, -0.05) is 12.1 Å². The highest BCUT2D eigenvalue weighted by Gasteiger charge is 2.34. The minimum Gasteiger partial charge on any atom is -0.507 e. The van der Waals surface area contributed by atoms with Crippen molar-refractivity contribution in [3.63, 3.8) is 0 Å². The molecule has 1 N–H and O–H groups in total. The average Bonchev–Trinajstić information content (AvgIpc) is 3.35. The van der Waals surface area contributed by atoms with Crippen LogP contribution < -0.4 is 29.1 Å². The van der Waals surface area contributed by atoms with Crippen LogP contribution in [0.4, 0.5) is 0 Å². The molecule has 0 radical (unpaired) electrons. The van der Waals surface area contributed by atoms with Gasteiger partial charge in [0.25, 0.3) is 0 Å². The zero-order chi connectivity index (χ0) is 25.0. The van der Waals surface area contributed by atoms with Crippen LogP contribution >= 0.6 is 0 Å². The van der Waals surface area contributed by atoms with Crippen molar-refractivity contribution in [3.05, 3.63) is 70.1 Å². The van der Waals surface area contributed by atoms with Gasteiger partial charge >= 0.3 is 5.97 Å². The van der Waals surface area contributed by atoms with Gasteiger partial charge in [0.2, 0.25) is 12.2 Å². The summed E-state index contributed by atoms with van der Waals surface area (Å²) < 4.78 is 32.9. The van der Waals surface area contributed by atoms with Crippen LogP contribution in [0.25, 0.3) is 22.1 Å². The molecule has 6 rings (SSSR count). The molecule has 1 aromatic heterocycles. The van der Waals surface area contributed by atoms with Crippen molar-refractivity contribution in [3.8, 4) is 45.6 Å². The van der Waals surface area contributed by atoms with Crippen molar-refractivity contribution in [1.29, 1.82) is 0 Å². The number of benzene rings is 3. The van der Waals surface area contributed by atoms with E-state index in [0.29, 0.717) is 34.1 Å². The summed E-state index contributed by atoms with van der Waals surface area (Å²) in [6.45, 7) is 0.118. The van der Waals surface area contributed by atoms with Crippen molar-refractivity contribution >= 4 is 16.9 Å². The zero-order valence-electron chi connectivity index (χ0n) is 19.3. The average molecular weight is 488 g/mol. The molecule has 0 fully saturated rings. The standard InChI is InChI=1S/C27H20O9/c1-31-18-5-3-14(7-20(18)32-2)16-11-33-27-24-15(13-4-6-19-21(8-13)35-12-34-19)9-23(29)36-22(24)10-17(28)25(27)26(16)30/h3-8,10-11,15,28H,9,12H2,1-2H3/t15-/m0/s1. The largest absolute Gasteiger partial charge is 0.507 e. The topological polar surface area (TPSA) is 114 Å². The van der Waals surface area contributed by atoms with Gasteiger partial charge in [-0.05, 0) is 35.4 Å². The van der Waals surface area contributed by atoms with Gasteiger partial charge < -0.3 is 33.2 Å². The van der Waals surface area contributed by atoms with E-state index in [1.807, 2.05) is 6.07 Å². The molecule has 36 heavy (non-hydrogen) atoms. The molecule has 9 nitrogen and oxygen atoms in total. The van der Waals surface area contributed by atoms with E-state index in [1.165, 1.54) is 26.5 Å². The van der Waals surface area contributed by atoms with Gasteiger partial charge in [-0.15, -0.1) is 0 Å². The molecule has 0 bridgehead atoms. The van der Waals surface area contributed by atoms with Gasteiger partial charge in [0, 0.05) is 17.5 Å². The Balaban J connectivity index is 1.55. The van der Waals surface area contributed by atoms with E-state index >= 15 is 0 Å².